The van der Waals surface area contributed by atoms with Crippen LogP contribution < -0.4 is 10.2 Å². The van der Waals surface area contributed by atoms with Crippen LogP contribution in [0.5, 0.6) is 0 Å². The summed E-state index contributed by atoms with van der Waals surface area (Å²) < 4.78 is 0. The molecule has 282 valence electrons. The van der Waals surface area contributed by atoms with Crippen LogP contribution >= 0.6 is 0 Å². The Morgan fingerprint density at radius 3 is 2.28 bits per heavy atom. The number of hydrogen-bond donors (Lipinski definition) is 1. The van der Waals surface area contributed by atoms with E-state index in [9.17, 15) is 19.2 Å². The second-order valence-electron chi connectivity index (χ2n) is 15.8. The number of allylic oxidation sites excluding steroid dienone is 6. The monoisotopic (exact) mass is 728 g/mol. The number of benzene rings is 2. The number of amides is 3. The van der Waals surface area contributed by atoms with E-state index in [1.165, 1.54) is 40.8 Å². The number of ketones is 1. The van der Waals surface area contributed by atoms with Crippen LogP contribution in [0.2, 0.25) is 0 Å². The van der Waals surface area contributed by atoms with Gasteiger partial charge >= 0.3 is 0 Å². The molecule has 5 aliphatic heterocycles. The van der Waals surface area contributed by atoms with Crippen molar-refractivity contribution in [2.45, 2.75) is 57.9 Å². The number of carbonyl (C=O) groups is 4. The number of amidine groups is 1. The molecule has 0 saturated carbocycles. The zero-order valence-corrected chi connectivity index (χ0v) is 31.4. The summed E-state index contributed by atoms with van der Waals surface area (Å²) in [5, 5.41) is 2.41. The van der Waals surface area contributed by atoms with Gasteiger partial charge in [0.1, 0.15) is 6.04 Å². The van der Waals surface area contributed by atoms with E-state index in [2.05, 4.69) is 87.6 Å². The maximum Gasteiger partial charge on any atom is 0.249 e. The first-order chi connectivity index (χ1) is 26.3. The van der Waals surface area contributed by atoms with E-state index in [4.69, 9.17) is 4.99 Å². The maximum absolute atomic E-state index is 13.2. The van der Waals surface area contributed by atoms with Crippen molar-refractivity contribution in [3.63, 3.8) is 0 Å². The summed E-state index contributed by atoms with van der Waals surface area (Å²) >= 11 is 0. The van der Waals surface area contributed by atoms with E-state index in [1.807, 2.05) is 6.08 Å². The number of fused-ring (bicyclic) bond motifs is 1. The molecule has 3 amide bonds. The first-order valence-electron chi connectivity index (χ1n) is 20.0. The van der Waals surface area contributed by atoms with Crippen molar-refractivity contribution in [1.29, 1.82) is 0 Å². The smallest absolute Gasteiger partial charge is 0.249 e. The summed E-state index contributed by atoms with van der Waals surface area (Å²) in [5.41, 5.74) is 7.29. The summed E-state index contributed by atoms with van der Waals surface area (Å²) in [6, 6.07) is 19.1. The van der Waals surface area contributed by atoms with Gasteiger partial charge in [-0.2, -0.15) is 0 Å². The third-order valence-corrected chi connectivity index (χ3v) is 12.5. The zero-order chi connectivity index (χ0) is 37.2. The molecule has 54 heavy (non-hydrogen) atoms. The van der Waals surface area contributed by atoms with Crippen LogP contribution in [0.1, 0.15) is 63.0 Å². The van der Waals surface area contributed by atoms with Gasteiger partial charge in [-0.3, -0.25) is 34.4 Å². The number of imide groups is 1. The van der Waals surface area contributed by atoms with Crippen molar-refractivity contribution in [3.8, 4) is 0 Å². The average Bonchev–Trinajstić information content (AvgIpc) is 3.53. The summed E-state index contributed by atoms with van der Waals surface area (Å²) in [4.78, 5) is 63.5. The molecule has 2 aromatic carbocycles. The molecule has 0 spiro atoms. The predicted octanol–water partition coefficient (Wildman–Crippen LogP) is 4.98. The number of piperidine rings is 2. The highest BCUT2D eigenvalue weighted by Gasteiger charge is 2.48. The van der Waals surface area contributed by atoms with E-state index >= 15 is 0 Å². The highest BCUT2D eigenvalue weighted by Crippen LogP contribution is 2.38. The van der Waals surface area contributed by atoms with Gasteiger partial charge in [0.2, 0.25) is 17.7 Å². The van der Waals surface area contributed by atoms with Crippen LogP contribution in [-0.4, -0.2) is 109 Å². The molecule has 10 heteroatoms. The molecular weight excluding hydrogens is 677 g/mol. The predicted molar refractivity (Wildman–Crippen MR) is 212 cm³/mol. The molecule has 5 heterocycles. The molecule has 2 aromatic rings. The number of piperazine rings is 1. The van der Waals surface area contributed by atoms with Crippen LogP contribution in [0.3, 0.4) is 0 Å². The fraction of sp³-hybridized carbons (Fsp3) is 0.477. The van der Waals surface area contributed by atoms with Crippen LogP contribution in [0, 0.1) is 17.8 Å². The quantitative estimate of drug-likeness (QED) is 0.302. The van der Waals surface area contributed by atoms with Crippen molar-refractivity contribution in [1.82, 2.24) is 20.0 Å². The SMILES string of the molecule is CC/C(=C(\C1=CCC(=O)C=C1)c1ccc(N2CCC(CN3CCN(C4=NCC5C(=O)N(C6CCC(=O)NC6=O)CC5C4)CC3)CC2)cc1)c1ccccc1. The van der Waals surface area contributed by atoms with Crippen LogP contribution in [0.15, 0.2) is 83.4 Å². The van der Waals surface area contributed by atoms with E-state index in [-0.39, 0.29) is 41.8 Å². The first kappa shape index (κ1) is 36.2. The Kier molecular flexibility index (Phi) is 10.6. The lowest BCUT2D eigenvalue weighted by Gasteiger charge is -2.41. The number of likely N-dealkylation sites (tertiary alicyclic amines) is 1. The number of aliphatic imine (C=N–C) groups is 1. The summed E-state index contributed by atoms with van der Waals surface area (Å²) in [7, 11) is 0. The molecule has 0 bridgehead atoms. The number of carbonyl (C=O) groups excluding carboxylic acids is 4. The lowest BCUT2D eigenvalue weighted by atomic mass is 9.86. The summed E-state index contributed by atoms with van der Waals surface area (Å²) in [6.45, 7) is 10.5. The second kappa shape index (κ2) is 15.9. The Bertz CT molecular complexity index is 1880. The van der Waals surface area contributed by atoms with Crippen LogP contribution in [0.25, 0.3) is 11.1 Å². The third kappa shape index (κ3) is 7.58. The van der Waals surface area contributed by atoms with E-state index in [1.54, 1.807) is 11.0 Å². The minimum absolute atomic E-state index is 0.0192. The van der Waals surface area contributed by atoms with Gasteiger partial charge in [0.15, 0.2) is 5.78 Å². The normalized spacial score (nSPS) is 26.0. The van der Waals surface area contributed by atoms with Gasteiger partial charge in [0.25, 0.3) is 0 Å². The lowest BCUT2D eigenvalue weighted by molar-refractivity contribution is -0.144. The van der Waals surface area contributed by atoms with E-state index in [0.29, 0.717) is 31.8 Å². The lowest BCUT2D eigenvalue weighted by Crippen LogP contribution is -2.53. The van der Waals surface area contributed by atoms with Gasteiger partial charge in [0.05, 0.1) is 18.3 Å². The van der Waals surface area contributed by atoms with Crippen LogP contribution in [-0.2, 0) is 19.2 Å². The fourth-order valence-electron chi connectivity index (χ4n) is 9.47. The number of hydrogen-bond acceptors (Lipinski definition) is 8. The Morgan fingerprint density at radius 1 is 0.833 bits per heavy atom. The van der Waals surface area contributed by atoms with Crippen molar-refractivity contribution in [2.75, 3.05) is 63.8 Å². The molecule has 3 unspecified atom stereocenters. The molecule has 0 radical (unpaired) electrons. The molecule has 4 fully saturated rings. The maximum atomic E-state index is 13.2. The van der Waals surface area contributed by atoms with E-state index in [0.717, 1.165) is 70.1 Å². The molecule has 6 aliphatic rings. The van der Waals surface area contributed by atoms with Crippen molar-refractivity contribution >= 4 is 46.2 Å². The molecular formula is C44H52N6O4. The second-order valence-corrected chi connectivity index (χ2v) is 15.8. The third-order valence-electron chi connectivity index (χ3n) is 12.5. The minimum atomic E-state index is -0.535. The average molecular weight is 729 g/mol. The highest BCUT2D eigenvalue weighted by molar-refractivity contribution is 6.04. The Hall–Kier alpha value is -4.83. The van der Waals surface area contributed by atoms with Gasteiger partial charge in [-0.05, 0) is 83.6 Å². The van der Waals surface area contributed by atoms with Gasteiger partial charge in [-0.15, -0.1) is 0 Å². The molecule has 1 aliphatic carbocycles. The molecule has 4 saturated heterocycles. The standard InChI is InChI=1S/C44H52N6O4/c1-2-37(31-6-4-3-5-7-31)42(33-10-14-36(51)15-11-33)32-8-12-35(13-9-32)48-20-18-30(19-21-48)28-47-22-24-49(25-23-47)40-26-34-29-50(44(54)38(34)27-45-40)39-16-17-41(52)46-43(39)53/h3-14,30,34,38-39H,2,15-29H2,1H3,(H,46,52,53)/b42-37+. The molecule has 8 rings (SSSR count). The largest absolute Gasteiger partial charge is 0.372 e. The first-order valence-corrected chi connectivity index (χ1v) is 20.0. The Balaban J connectivity index is 0.827. The van der Waals surface area contributed by atoms with Crippen molar-refractivity contribution in [2.24, 2.45) is 22.7 Å². The minimum Gasteiger partial charge on any atom is -0.372 e. The van der Waals surface area contributed by atoms with Gasteiger partial charge < -0.3 is 14.7 Å². The molecule has 3 atom stereocenters. The summed E-state index contributed by atoms with van der Waals surface area (Å²) in [6.07, 6.45) is 10.9. The molecule has 10 nitrogen and oxygen atoms in total. The van der Waals surface area contributed by atoms with Gasteiger partial charge in [-0.25, -0.2) is 0 Å². The number of rotatable bonds is 8. The Morgan fingerprint density at radius 2 is 1.59 bits per heavy atom. The zero-order valence-electron chi connectivity index (χ0n) is 31.4. The molecule has 1 N–H and O–H groups in total. The van der Waals surface area contributed by atoms with Crippen molar-refractivity contribution < 1.29 is 19.2 Å². The van der Waals surface area contributed by atoms with Gasteiger partial charge in [-0.1, -0.05) is 61.5 Å². The topological polar surface area (TPSA) is 106 Å². The number of nitrogens with zero attached hydrogens (tertiary/aromatic N) is 5. The highest BCUT2D eigenvalue weighted by atomic mass is 16.2. The van der Waals surface area contributed by atoms with Crippen LogP contribution in [0.4, 0.5) is 5.69 Å². The Labute approximate surface area is 318 Å². The van der Waals surface area contributed by atoms with E-state index < -0.39 is 6.04 Å². The fourth-order valence-corrected chi connectivity index (χ4v) is 9.47. The summed E-state index contributed by atoms with van der Waals surface area (Å²) in [5.74, 6) is 1.39. The number of anilines is 1. The van der Waals surface area contributed by atoms with Crippen molar-refractivity contribution in [3.05, 3.63) is 89.5 Å². The number of nitrogens with one attached hydrogen (secondary N) is 1. The van der Waals surface area contributed by atoms with Gasteiger partial charge in [0, 0.05) is 77.3 Å². The molecule has 0 aromatic heterocycles.